The fourth-order valence-electron chi connectivity index (χ4n) is 3.63. The van der Waals surface area contributed by atoms with E-state index < -0.39 is 10.0 Å². The third-order valence-corrected chi connectivity index (χ3v) is 8.20. The Morgan fingerprint density at radius 2 is 1.77 bits per heavy atom. The number of carbonyl (C=O) groups is 1. The molecule has 1 saturated heterocycles. The minimum Gasteiger partial charge on any atom is -0.349 e. The Morgan fingerprint density at radius 1 is 1.13 bits per heavy atom. The van der Waals surface area contributed by atoms with E-state index in [0.717, 1.165) is 12.0 Å². The highest BCUT2D eigenvalue weighted by Crippen LogP contribution is 2.30. The van der Waals surface area contributed by atoms with Crippen LogP contribution in [0.25, 0.3) is 0 Å². The zero-order valence-electron chi connectivity index (χ0n) is 17.1. The molecule has 1 fully saturated rings. The number of halogens is 2. The van der Waals surface area contributed by atoms with Crippen LogP contribution in [0.4, 0.5) is 0 Å². The van der Waals surface area contributed by atoms with Crippen LogP contribution in [0.3, 0.4) is 0 Å². The topological polar surface area (TPSA) is 66.5 Å². The van der Waals surface area contributed by atoms with E-state index in [4.69, 9.17) is 23.2 Å². The average molecular weight is 469 g/mol. The molecule has 8 heteroatoms. The van der Waals surface area contributed by atoms with Gasteiger partial charge in [-0.25, -0.2) is 8.42 Å². The summed E-state index contributed by atoms with van der Waals surface area (Å²) in [6.45, 7) is 4.60. The van der Waals surface area contributed by atoms with Crippen molar-refractivity contribution in [2.24, 2.45) is 5.92 Å². The van der Waals surface area contributed by atoms with E-state index in [1.165, 1.54) is 22.0 Å². The maximum Gasteiger partial charge on any atom is 0.244 e. The van der Waals surface area contributed by atoms with Gasteiger partial charge in [-0.05, 0) is 55.5 Å². The summed E-state index contributed by atoms with van der Waals surface area (Å²) >= 11 is 12.0. The summed E-state index contributed by atoms with van der Waals surface area (Å²) < 4.78 is 27.2. The molecule has 1 atom stereocenters. The highest BCUT2D eigenvalue weighted by atomic mass is 35.5. The van der Waals surface area contributed by atoms with Crippen LogP contribution in [0.1, 0.15) is 43.9 Å². The largest absolute Gasteiger partial charge is 0.349 e. The second-order valence-electron chi connectivity index (χ2n) is 7.58. The monoisotopic (exact) mass is 468 g/mol. The summed E-state index contributed by atoms with van der Waals surface area (Å²) in [5.41, 5.74) is 2.31. The highest BCUT2D eigenvalue weighted by Gasteiger charge is 2.33. The molecule has 5 nitrogen and oxygen atoms in total. The number of nitrogens with zero attached hydrogens (tertiary/aromatic N) is 1. The lowest BCUT2D eigenvalue weighted by atomic mass is 9.96. The van der Waals surface area contributed by atoms with Gasteiger partial charge in [-0.3, -0.25) is 4.79 Å². The second kappa shape index (κ2) is 9.69. The number of sulfonamides is 1. The molecule has 1 unspecified atom stereocenters. The molecule has 0 aliphatic carbocycles. The van der Waals surface area contributed by atoms with Crippen molar-refractivity contribution in [2.75, 3.05) is 13.1 Å². The Hall–Kier alpha value is -1.60. The molecule has 0 bridgehead atoms. The van der Waals surface area contributed by atoms with Crippen molar-refractivity contribution < 1.29 is 13.2 Å². The van der Waals surface area contributed by atoms with Gasteiger partial charge in [0.1, 0.15) is 4.90 Å². The number of hydrogen-bond donors (Lipinski definition) is 1. The summed E-state index contributed by atoms with van der Waals surface area (Å²) in [4.78, 5) is 12.7. The van der Waals surface area contributed by atoms with Gasteiger partial charge < -0.3 is 5.32 Å². The number of piperidine rings is 1. The lowest BCUT2D eigenvalue weighted by Gasteiger charge is -2.31. The van der Waals surface area contributed by atoms with Gasteiger partial charge in [0.15, 0.2) is 0 Å². The summed E-state index contributed by atoms with van der Waals surface area (Å²) in [6, 6.07) is 12.5. The van der Waals surface area contributed by atoms with Gasteiger partial charge >= 0.3 is 0 Å². The number of carbonyl (C=O) groups excluding carboxylic acids is 1. The van der Waals surface area contributed by atoms with Crippen LogP contribution in [-0.2, 0) is 21.2 Å². The molecule has 0 spiro atoms. The molecule has 1 aliphatic rings. The molecule has 1 amide bonds. The van der Waals surface area contributed by atoms with Gasteiger partial charge in [-0.2, -0.15) is 4.31 Å². The lowest BCUT2D eigenvalue weighted by molar-refractivity contribution is -0.126. The van der Waals surface area contributed by atoms with E-state index in [1.54, 1.807) is 6.07 Å². The highest BCUT2D eigenvalue weighted by molar-refractivity contribution is 7.89. The van der Waals surface area contributed by atoms with Gasteiger partial charge in [-0.1, -0.05) is 54.4 Å². The Labute approximate surface area is 188 Å². The minimum absolute atomic E-state index is 0.00344. The van der Waals surface area contributed by atoms with Gasteiger partial charge in [0.25, 0.3) is 0 Å². The third kappa shape index (κ3) is 5.17. The third-order valence-electron chi connectivity index (χ3n) is 5.58. The van der Waals surface area contributed by atoms with Crippen molar-refractivity contribution in [3.63, 3.8) is 0 Å². The van der Waals surface area contributed by atoms with Crippen molar-refractivity contribution in [1.82, 2.24) is 9.62 Å². The summed E-state index contributed by atoms with van der Waals surface area (Å²) in [5, 5.41) is 3.51. The smallest absolute Gasteiger partial charge is 0.244 e. The summed E-state index contributed by atoms with van der Waals surface area (Å²) in [5.74, 6) is -0.261. The van der Waals surface area contributed by atoms with E-state index in [0.29, 0.717) is 17.9 Å². The number of rotatable bonds is 6. The molecule has 30 heavy (non-hydrogen) atoms. The zero-order valence-corrected chi connectivity index (χ0v) is 19.4. The lowest BCUT2D eigenvalue weighted by Crippen LogP contribution is -2.43. The molecular formula is C22H26Cl2N2O3S. The standard InChI is InChI=1S/C22H26Cl2N2O3S/c1-3-16-4-6-17(7-5-16)15(2)25-22(27)18-10-12-26(13-11-18)30(28,29)21-14-19(23)8-9-20(21)24/h4-9,14-15,18H,3,10-13H2,1-2H3,(H,25,27). The van der Waals surface area contributed by atoms with Crippen molar-refractivity contribution in [2.45, 2.75) is 44.0 Å². The van der Waals surface area contributed by atoms with E-state index in [9.17, 15) is 13.2 Å². The minimum atomic E-state index is -3.75. The first-order valence-electron chi connectivity index (χ1n) is 10.1. The van der Waals surface area contributed by atoms with Crippen LogP contribution < -0.4 is 5.32 Å². The molecule has 0 aromatic heterocycles. The van der Waals surface area contributed by atoms with Crippen molar-refractivity contribution in [3.8, 4) is 0 Å². The predicted octanol–water partition coefficient (Wildman–Crippen LogP) is 4.83. The van der Waals surface area contributed by atoms with Crippen LogP contribution in [0.15, 0.2) is 47.4 Å². The first-order valence-corrected chi connectivity index (χ1v) is 12.3. The van der Waals surface area contributed by atoms with Crippen LogP contribution in [-0.4, -0.2) is 31.7 Å². The van der Waals surface area contributed by atoms with Crippen molar-refractivity contribution >= 4 is 39.1 Å². The van der Waals surface area contributed by atoms with Crippen LogP contribution in [0.5, 0.6) is 0 Å². The number of aryl methyl sites for hydroxylation is 1. The van der Waals surface area contributed by atoms with Gasteiger partial charge in [0, 0.05) is 24.0 Å². The van der Waals surface area contributed by atoms with E-state index >= 15 is 0 Å². The Morgan fingerprint density at radius 3 is 2.37 bits per heavy atom. The number of nitrogens with one attached hydrogen (secondary N) is 1. The zero-order chi connectivity index (χ0) is 21.9. The van der Waals surface area contributed by atoms with E-state index in [-0.39, 0.29) is 40.9 Å². The summed E-state index contributed by atoms with van der Waals surface area (Å²) in [6.07, 6.45) is 1.90. The normalized spacial score (nSPS) is 16.9. The number of amides is 1. The van der Waals surface area contributed by atoms with Gasteiger partial charge in [-0.15, -0.1) is 0 Å². The Balaban J connectivity index is 1.60. The molecule has 162 valence electrons. The van der Waals surface area contributed by atoms with E-state index in [2.05, 4.69) is 24.4 Å². The van der Waals surface area contributed by atoms with E-state index in [1.807, 2.05) is 19.1 Å². The molecule has 0 saturated carbocycles. The Bertz CT molecular complexity index is 1000. The first-order chi connectivity index (χ1) is 14.2. The molecule has 0 radical (unpaired) electrons. The second-order valence-corrected chi connectivity index (χ2v) is 10.3. The maximum absolute atomic E-state index is 12.9. The average Bonchev–Trinajstić information content (AvgIpc) is 2.75. The molecular weight excluding hydrogens is 443 g/mol. The molecule has 1 N–H and O–H groups in total. The quantitative estimate of drug-likeness (QED) is 0.659. The van der Waals surface area contributed by atoms with Crippen LogP contribution in [0, 0.1) is 5.92 Å². The molecule has 2 aromatic carbocycles. The molecule has 1 aliphatic heterocycles. The number of hydrogen-bond acceptors (Lipinski definition) is 3. The molecule has 3 rings (SSSR count). The van der Waals surface area contributed by atoms with Gasteiger partial charge in [0.05, 0.1) is 11.1 Å². The van der Waals surface area contributed by atoms with Crippen LogP contribution in [0.2, 0.25) is 10.0 Å². The molecule has 1 heterocycles. The van der Waals surface area contributed by atoms with Crippen molar-refractivity contribution in [3.05, 3.63) is 63.6 Å². The fraction of sp³-hybridized carbons (Fsp3) is 0.409. The first kappa shape index (κ1) is 23.1. The van der Waals surface area contributed by atoms with Crippen LogP contribution >= 0.6 is 23.2 Å². The number of benzene rings is 2. The van der Waals surface area contributed by atoms with Crippen molar-refractivity contribution in [1.29, 1.82) is 0 Å². The maximum atomic E-state index is 12.9. The molecule has 2 aromatic rings. The SMILES string of the molecule is CCc1ccc(C(C)NC(=O)C2CCN(S(=O)(=O)c3cc(Cl)ccc3Cl)CC2)cc1. The Kier molecular flexibility index (Phi) is 7.45. The predicted molar refractivity (Wildman–Crippen MR) is 120 cm³/mol. The fourth-order valence-corrected chi connectivity index (χ4v) is 5.84. The summed E-state index contributed by atoms with van der Waals surface area (Å²) in [7, 11) is -3.75. The van der Waals surface area contributed by atoms with Gasteiger partial charge in [0.2, 0.25) is 15.9 Å².